The molecule has 0 amide bonds. The van der Waals surface area contributed by atoms with E-state index in [1.165, 1.54) is 7.11 Å². The van der Waals surface area contributed by atoms with Crippen LogP contribution in [-0.4, -0.2) is 137 Å². The van der Waals surface area contributed by atoms with Crippen LogP contribution < -0.4 is 10.4 Å². The van der Waals surface area contributed by atoms with Crippen molar-refractivity contribution in [3.63, 3.8) is 0 Å². The molecule has 0 saturated carbocycles. The molecule has 18 nitrogen and oxygen atoms in total. The van der Waals surface area contributed by atoms with E-state index in [4.69, 9.17) is 51.8 Å². The van der Waals surface area contributed by atoms with Crippen molar-refractivity contribution >= 4 is 54.5 Å². The molecule has 0 radical (unpaired) electrons. The average molecular weight is 877 g/mol. The molecule has 2 aliphatic heterocycles. The van der Waals surface area contributed by atoms with Crippen molar-refractivity contribution in [2.24, 2.45) is 0 Å². The highest BCUT2D eigenvalue weighted by molar-refractivity contribution is 6.99. The van der Waals surface area contributed by atoms with Gasteiger partial charge in [0.25, 0.3) is 8.32 Å². The third-order valence-corrected chi connectivity index (χ3v) is 14.9. The number of esters is 6. The number of aliphatic hydroxyl groups excluding tert-OH is 1. The average Bonchev–Trinajstić information content (AvgIpc) is 3.17. The standard InChI is InChI=1S/C42H56O18Si/c1-23(43)51-21-32(53-24(2)44)34-36(54-25(3)45)37(55-26(4)46)39(57-28(6)48)41(59-34)60-35-33(49)31(58-40(50-10)38(35)56-27(5)47)22-52-61(42(7,8)9,29-17-13-11-14-18-29)30-19-15-12-16-20-30/h11-20,31-41,49H,21-22H2,1-10H3/t31-,32+,33-,34-,35+,36-,37+,38+,39+,40+,41-/m1/s1. The molecule has 0 spiro atoms. The lowest BCUT2D eigenvalue weighted by Crippen LogP contribution is -2.69. The Hall–Kier alpha value is -4.76. The highest BCUT2D eigenvalue weighted by atomic mass is 28.4. The van der Waals surface area contributed by atoms with Crippen LogP contribution in [0.1, 0.15) is 62.3 Å². The van der Waals surface area contributed by atoms with E-state index in [0.29, 0.717) is 0 Å². The van der Waals surface area contributed by atoms with Gasteiger partial charge in [-0.05, 0) is 15.4 Å². The fourth-order valence-corrected chi connectivity index (χ4v) is 12.2. The summed E-state index contributed by atoms with van der Waals surface area (Å²) in [7, 11) is -1.96. The number of hydrogen-bond acceptors (Lipinski definition) is 18. The molecule has 2 aromatic rings. The molecule has 336 valence electrons. The van der Waals surface area contributed by atoms with Gasteiger partial charge in [-0.1, -0.05) is 81.4 Å². The van der Waals surface area contributed by atoms with Crippen molar-refractivity contribution in [1.29, 1.82) is 0 Å². The molecule has 0 aliphatic carbocycles. The van der Waals surface area contributed by atoms with Crippen LogP contribution in [0.25, 0.3) is 0 Å². The predicted octanol–water partition coefficient (Wildman–Crippen LogP) is 1.63. The van der Waals surface area contributed by atoms with Crippen LogP contribution in [-0.2, 0) is 80.6 Å². The first-order valence-electron chi connectivity index (χ1n) is 19.6. The van der Waals surface area contributed by atoms with Gasteiger partial charge < -0.3 is 56.9 Å². The molecule has 4 rings (SSSR count). The number of carbonyl (C=O) groups excluding carboxylic acids is 6. The van der Waals surface area contributed by atoms with E-state index >= 15 is 0 Å². The first-order chi connectivity index (χ1) is 28.7. The Labute approximate surface area is 355 Å². The van der Waals surface area contributed by atoms with Gasteiger partial charge in [0.15, 0.2) is 43.1 Å². The minimum atomic E-state index is -3.24. The van der Waals surface area contributed by atoms with Crippen LogP contribution in [0, 0.1) is 0 Å². The zero-order chi connectivity index (χ0) is 45.2. The normalized spacial score (nSPS) is 27.1. The molecule has 19 heteroatoms. The summed E-state index contributed by atoms with van der Waals surface area (Å²) in [6, 6.07) is 19.4. The zero-order valence-electron chi connectivity index (χ0n) is 35.9. The molecule has 2 fully saturated rings. The van der Waals surface area contributed by atoms with Crippen molar-refractivity contribution < 1.29 is 85.7 Å². The molecule has 61 heavy (non-hydrogen) atoms. The van der Waals surface area contributed by atoms with E-state index in [0.717, 1.165) is 51.9 Å². The largest absolute Gasteiger partial charge is 0.462 e. The minimum absolute atomic E-state index is 0.246. The molecular weight excluding hydrogens is 821 g/mol. The van der Waals surface area contributed by atoms with Gasteiger partial charge in [0.2, 0.25) is 0 Å². The number of aliphatic hydroxyl groups is 1. The van der Waals surface area contributed by atoms with E-state index in [1.807, 2.05) is 60.7 Å². The number of ether oxygens (including phenoxy) is 10. The molecule has 2 aliphatic rings. The summed E-state index contributed by atoms with van der Waals surface area (Å²) >= 11 is 0. The van der Waals surface area contributed by atoms with Gasteiger partial charge in [0, 0.05) is 48.7 Å². The van der Waals surface area contributed by atoms with Crippen LogP contribution in [0.5, 0.6) is 0 Å². The maximum Gasteiger partial charge on any atom is 0.303 e. The lowest BCUT2D eigenvalue weighted by atomic mass is 9.93. The van der Waals surface area contributed by atoms with E-state index in [2.05, 4.69) is 20.8 Å². The predicted molar refractivity (Wildman–Crippen MR) is 213 cm³/mol. The fraction of sp³-hybridized carbons (Fsp3) is 0.571. The van der Waals surface area contributed by atoms with Crippen LogP contribution in [0.3, 0.4) is 0 Å². The maximum absolute atomic E-state index is 12.7. The van der Waals surface area contributed by atoms with Gasteiger partial charge in [0.05, 0.1) is 6.61 Å². The third-order valence-electron chi connectivity index (χ3n) is 9.90. The highest BCUT2D eigenvalue weighted by Crippen LogP contribution is 2.39. The lowest BCUT2D eigenvalue weighted by molar-refractivity contribution is -0.363. The minimum Gasteiger partial charge on any atom is -0.462 e. The van der Waals surface area contributed by atoms with Gasteiger partial charge in [-0.3, -0.25) is 28.8 Å². The zero-order valence-corrected chi connectivity index (χ0v) is 36.9. The van der Waals surface area contributed by atoms with Gasteiger partial charge >= 0.3 is 35.8 Å². The number of hydrogen-bond donors (Lipinski definition) is 1. The Kier molecular flexibility index (Phi) is 17.1. The second-order valence-corrected chi connectivity index (χ2v) is 19.9. The van der Waals surface area contributed by atoms with Crippen LogP contribution in [0.2, 0.25) is 5.04 Å². The molecule has 0 unspecified atom stereocenters. The van der Waals surface area contributed by atoms with E-state index in [1.54, 1.807) is 0 Å². The summed E-state index contributed by atoms with van der Waals surface area (Å²) in [6.45, 7) is 11.7. The quantitative estimate of drug-likeness (QED) is 0.144. The summed E-state index contributed by atoms with van der Waals surface area (Å²) < 4.78 is 64.8. The molecule has 1 N–H and O–H groups in total. The van der Waals surface area contributed by atoms with Gasteiger partial charge in [0.1, 0.15) is 31.0 Å². The Bertz CT molecular complexity index is 1780. The number of methoxy groups -OCH3 is 1. The summed E-state index contributed by atoms with van der Waals surface area (Å²) in [4.78, 5) is 74.8. The van der Waals surface area contributed by atoms with E-state index < -0.39 is 123 Å². The fourth-order valence-electron chi connectivity index (χ4n) is 7.64. The van der Waals surface area contributed by atoms with Gasteiger partial charge in [-0.25, -0.2) is 0 Å². The van der Waals surface area contributed by atoms with Crippen molar-refractivity contribution in [2.75, 3.05) is 20.3 Å². The van der Waals surface area contributed by atoms with Crippen LogP contribution >= 0.6 is 0 Å². The maximum atomic E-state index is 12.7. The van der Waals surface area contributed by atoms with Crippen molar-refractivity contribution in [1.82, 2.24) is 0 Å². The molecule has 2 saturated heterocycles. The molecule has 11 atom stereocenters. The van der Waals surface area contributed by atoms with Crippen LogP contribution in [0.4, 0.5) is 0 Å². The Morgan fingerprint density at radius 2 is 1.11 bits per heavy atom. The van der Waals surface area contributed by atoms with Crippen molar-refractivity contribution in [2.45, 2.75) is 135 Å². The second kappa shape index (κ2) is 21.4. The lowest BCUT2D eigenvalue weighted by Gasteiger charge is -2.49. The summed E-state index contributed by atoms with van der Waals surface area (Å²) in [5.74, 6) is -5.22. The van der Waals surface area contributed by atoms with Gasteiger partial charge in [-0.2, -0.15) is 0 Å². The van der Waals surface area contributed by atoms with Crippen molar-refractivity contribution in [3.05, 3.63) is 60.7 Å². The number of carbonyl (C=O) groups is 6. The first-order valence-corrected chi connectivity index (χ1v) is 21.5. The SMILES string of the molecule is CO[C@H]1O[C@H](CO[Si](c2ccccc2)(c2ccccc2)C(C)(C)C)[C@@H](O)[C@H](O[C@H]2O[C@H]([C@H](COC(C)=O)OC(C)=O)[C@@H](OC(C)=O)[C@H](OC(C)=O)[C@@H]2OC(C)=O)[C@@H]1OC(C)=O. The second-order valence-electron chi connectivity index (χ2n) is 15.6. The Balaban J connectivity index is 1.85. The number of benzene rings is 2. The monoisotopic (exact) mass is 876 g/mol. The smallest absolute Gasteiger partial charge is 0.303 e. The summed E-state index contributed by atoms with van der Waals surface area (Å²) in [5.41, 5.74) is 0. The van der Waals surface area contributed by atoms with Gasteiger partial charge in [-0.15, -0.1) is 0 Å². The molecule has 0 bridgehead atoms. The Morgan fingerprint density at radius 3 is 1.56 bits per heavy atom. The first kappa shape index (κ1) is 48.9. The molecular formula is C42H56O18Si. The summed E-state index contributed by atoms with van der Waals surface area (Å²) in [5, 5.41) is 13.7. The third kappa shape index (κ3) is 12.2. The topological polar surface area (TPSA) is 224 Å². The van der Waals surface area contributed by atoms with Crippen LogP contribution in [0.15, 0.2) is 60.7 Å². The van der Waals surface area contributed by atoms with Crippen molar-refractivity contribution in [3.8, 4) is 0 Å². The van der Waals surface area contributed by atoms with E-state index in [-0.39, 0.29) is 6.61 Å². The summed E-state index contributed by atoms with van der Waals surface area (Å²) in [6.07, 6.45) is -17.7. The molecule has 2 heterocycles. The Morgan fingerprint density at radius 1 is 0.639 bits per heavy atom. The molecule has 2 aromatic carbocycles. The number of rotatable bonds is 16. The van der Waals surface area contributed by atoms with E-state index in [9.17, 15) is 33.9 Å². The molecule has 0 aromatic heterocycles. The highest BCUT2D eigenvalue weighted by Gasteiger charge is 2.59.